The molecule has 1 N–H and O–H groups in total. The number of benzene rings is 3. The number of carbonyl (C=O) groups excluding carboxylic acids is 1. The van der Waals surface area contributed by atoms with Gasteiger partial charge in [-0.15, -0.1) is 0 Å². The summed E-state index contributed by atoms with van der Waals surface area (Å²) in [4.78, 5) is 17.6. The Morgan fingerprint density at radius 1 is 0.897 bits per heavy atom. The van der Waals surface area contributed by atoms with E-state index in [4.69, 9.17) is 0 Å². The van der Waals surface area contributed by atoms with Crippen molar-refractivity contribution in [1.29, 1.82) is 0 Å². The molecule has 5 aromatic rings. The number of amides is 1. The van der Waals surface area contributed by atoms with Crippen LogP contribution in [0.3, 0.4) is 0 Å². The maximum Gasteiger partial charge on any atom is 0.276 e. The van der Waals surface area contributed by atoms with E-state index < -0.39 is 0 Å². The van der Waals surface area contributed by atoms with Crippen LogP contribution in [0.25, 0.3) is 27.7 Å². The van der Waals surface area contributed by atoms with Crippen LogP contribution in [0.4, 0.5) is 5.69 Å². The molecule has 0 unspecified atom stereocenters. The number of nitrogens with zero attached hydrogens (tertiary/aromatic N) is 3. The van der Waals surface area contributed by atoms with E-state index in [1.54, 1.807) is 10.6 Å². The van der Waals surface area contributed by atoms with Gasteiger partial charge in [0.15, 0.2) is 11.3 Å². The monoisotopic (exact) mass is 378 g/mol. The number of aromatic nitrogens is 3. The molecule has 0 bridgehead atoms. The van der Waals surface area contributed by atoms with E-state index in [2.05, 4.69) is 15.4 Å². The minimum atomic E-state index is -0.257. The zero-order valence-electron chi connectivity index (χ0n) is 15.8. The van der Waals surface area contributed by atoms with Gasteiger partial charge in [-0.2, -0.15) is 5.10 Å². The summed E-state index contributed by atoms with van der Waals surface area (Å²) in [7, 11) is 0. The van der Waals surface area contributed by atoms with Gasteiger partial charge in [-0.3, -0.25) is 4.79 Å². The number of hydrogen-bond donors (Lipinski definition) is 1. The lowest BCUT2D eigenvalue weighted by atomic mass is 10.1. The van der Waals surface area contributed by atoms with Crippen LogP contribution in [0.15, 0.2) is 84.9 Å². The average Bonchev–Trinajstić information content (AvgIpc) is 3.20. The second-order valence-electron chi connectivity index (χ2n) is 6.93. The van der Waals surface area contributed by atoms with Gasteiger partial charge in [0.25, 0.3) is 5.91 Å². The minimum absolute atomic E-state index is 0.257. The zero-order valence-corrected chi connectivity index (χ0v) is 15.8. The first-order valence-electron chi connectivity index (χ1n) is 9.41. The second-order valence-corrected chi connectivity index (χ2v) is 6.93. The molecule has 5 rings (SSSR count). The predicted molar refractivity (Wildman–Crippen MR) is 115 cm³/mol. The quantitative estimate of drug-likeness (QED) is 0.475. The molecule has 0 atom stereocenters. The second kappa shape index (κ2) is 6.87. The van der Waals surface area contributed by atoms with Crippen LogP contribution in [0.5, 0.6) is 0 Å². The lowest BCUT2D eigenvalue weighted by molar-refractivity contribution is 0.102. The molecule has 1 amide bonds. The van der Waals surface area contributed by atoms with Gasteiger partial charge in [-0.1, -0.05) is 66.7 Å². The number of carbonyl (C=O) groups is 1. The molecule has 5 nitrogen and oxygen atoms in total. The molecule has 140 valence electrons. The number of hydrogen-bond acceptors (Lipinski definition) is 3. The third-order valence-electron chi connectivity index (χ3n) is 4.95. The molecule has 0 fully saturated rings. The summed E-state index contributed by atoms with van der Waals surface area (Å²) in [5.41, 5.74) is 4.54. The largest absolute Gasteiger partial charge is 0.320 e. The number of anilines is 1. The minimum Gasteiger partial charge on any atom is -0.320 e. The first-order chi connectivity index (χ1) is 14.2. The molecule has 0 aliphatic carbocycles. The summed E-state index contributed by atoms with van der Waals surface area (Å²) < 4.78 is 1.70. The summed E-state index contributed by atoms with van der Waals surface area (Å²) in [5.74, 6) is -0.257. The molecule has 2 heterocycles. The van der Waals surface area contributed by atoms with Crippen LogP contribution >= 0.6 is 0 Å². The van der Waals surface area contributed by atoms with Crippen LogP contribution in [-0.4, -0.2) is 20.5 Å². The van der Waals surface area contributed by atoms with Crippen LogP contribution in [0, 0.1) is 6.92 Å². The highest BCUT2D eigenvalue weighted by atomic mass is 16.1. The van der Waals surface area contributed by atoms with E-state index in [-0.39, 0.29) is 5.91 Å². The first kappa shape index (κ1) is 17.1. The summed E-state index contributed by atoms with van der Waals surface area (Å²) in [6.45, 7) is 1.96. The van der Waals surface area contributed by atoms with Crippen molar-refractivity contribution in [3.8, 4) is 11.3 Å². The number of nitrogens with one attached hydrogen (secondary N) is 1. The molecule has 0 aliphatic rings. The summed E-state index contributed by atoms with van der Waals surface area (Å²) in [6, 6.07) is 27.5. The number of rotatable bonds is 3. The Hall–Kier alpha value is -3.99. The van der Waals surface area contributed by atoms with Crippen LogP contribution in [0.1, 0.15) is 16.2 Å². The van der Waals surface area contributed by atoms with E-state index in [0.717, 1.165) is 33.4 Å². The molecule has 2 aromatic heterocycles. The third-order valence-corrected chi connectivity index (χ3v) is 4.95. The van der Waals surface area contributed by atoms with Gasteiger partial charge in [0, 0.05) is 28.4 Å². The summed E-state index contributed by atoms with van der Waals surface area (Å²) in [5, 5.41) is 9.52. The average molecular weight is 378 g/mol. The molecule has 0 aliphatic heterocycles. The topological polar surface area (TPSA) is 59.3 Å². The Bertz CT molecular complexity index is 1350. The van der Waals surface area contributed by atoms with Crippen molar-refractivity contribution < 1.29 is 4.79 Å². The molecule has 0 radical (unpaired) electrons. The van der Waals surface area contributed by atoms with Gasteiger partial charge in [-0.05, 0) is 24.4 Å². The van der Waals surface area contributed by atoms with Gasteiger partial charge in [-0.25, -0.2) is 9.50 Å². The van der Waals surface area contributed by atoms with Gasteiger partial charge in [0.05, 0.1) is 5.69 Å². The summed E-state index contributed by atoms with van der Waals surface area (Å²) in [6.07, 6.45) is 0. The normalized spacial score (nSPS) is 11.1. The molecule has 0 saturated heterocycles. The standard InChI is InChI=1S/C24H18N4O/c1-16-14-21(18-9-3-2-4-10-18)25-23-15-22(27-28(16)23)24(29)26-20-13-7-11-17-8-5-6-12-19(17)20/h2-15H,1H3,(H,26,29). The van der Waals surface area contributed by atoms with Crippen molar-refractivity contribution in [3.63, 3.8) is 0 Å². The molecular weight excluding hydrogens is 360 g/mol. The van der Waals surface area contributed by atoms with E-state index in [1.165, 1.54) is 0 Å². The van der Waals surface area contributed by atoms with Crippen LogP contribution < -0.4 is 5.32 Å². The van der Waals surface area contributed by atoms with Crippen molar-refractivity contribution in [2.24, 2.45) is 0 Å². The van der Waals surface area contributed by atoms with E-state index >= 15 is 0 Å². The van der Waals surface area contributed by atoms with E-state index in [1.807, 2.05) is 85.8 Å². The van der Waals surface area contributed by atoms with Crippen LogP contribution in [0.2, 0.25) is 0 Å². The maximum atomic E-state index is 12.9. The molecule has 0 saturated carbocycles. The van der Waals surface area contributed by atoms with Crippen molar-refractivity contribution in [2.45, 2.75) is 6.92 Å². The Kier molecular flexibility index (Phi) is 4.06. The molecule has 3 aromatic carbocycles. The zero-order chi connectivity index (χ0) is 19.8. The Morgan fingerprint density at radius 2 is 1.66 bits per heavy atom. The molecular formula is C24H18N4O. The number of aryl methyl sites for hydroxylation is 1. The third kappa shape index (κ3) is 3.12. The van der Waals surface area contributed by atoms with Crippen molar-refractivity contribution in [2.75, 3.05) is 5.32 Å². The molecule has 5 heteroatoms. The highest BCUT2D eigenvalue weighted by molar-refractivity contribution is 6.08. The molecule has 29 heavy (non-hydrogen) atoms. The predicted octanol–water partition coefficient (Wildman–Crippen LogP) is 5.11. The fourth-order valence-corrected chi connectivity index (χ4v) is 3.51. The number of fused-ring (bicyclic) bond motifs is 2. The van der Waals surface area contributed by atoms with Gasteiger partial charge in [0.2, 0.25) is 0 Å². The van der Waals surface area contributed by atoms with E-state index in [0.29, 0.717) is 11.3 Å². The van der Waals surface area contributed by atoms with Crippen molar-refractivity contribution >= 4 is 28.0 Å². The summed E-state index contributed by atoms with van der Waals surface area (Å²) >= 11 is 0. The Morgan fingerprint density at radius 3 is 2.52 bits per heavy atom. The van der Waals surface area contributed by atoms with Crippen molar-refractivity contribution in [1.82, 2.24) is 14.6 Å². The SMILES string of the molecule is Cc1cc(-c2ccccc2)nc2cc(C(=O)Nc3cccc4ccccc34)nn12. The lowest BCUT2D eigenvalue weighted by Crippen LogP contribution is -2.13. The van der Waals surface area contributed by atoms with Crippen molar-refractivity contribution in [3.05, 3.63) is 96.3 Å². The highest BCUT2D eigenvalue weighted by Gasteiger charge is 2.15. The lowest BCUT2D eigenvalue weighted by Gasteiger charge is -2.07. The highest BCUT2D eigenvalue weighted by Crippen LogP contribution is 2.24. The van der Waals surface area contributed by atoms with Gasteiger partial charge >= 0.3 is 0 Å². The maximum absolute atomic E-state index is 12.9. The fraction of sp³-hybridized carbons (Fsp3) is 0.0417. The van der Waals surface area contributed by atoms with Gasteiger partial charge < -0.3 is 5.32 Å². The fourth-order valence-electron chi connectivity index (χ4n) is 3.51. The Labute approximate surface area is 167 Å². The van der Waals surface area contributed by atoms with E-state index in [9.17, 15) is 4.79 Å². The van der Waals surface area contributed by atoms with Gasteiger partial charge in [0.1, 0.15) is 0 Å². The smallest absolute Gasteiger partial charge is 0.276 e. The molecule has 0 spiro atoms. The first-order valence-corrected chi connectivity index (χ1v) is 9.41. The Balaban J connectivity index is 1.51. The van der Waals surface area contributed by atoms with Crippen LogP contribution in [-0.2, 0) is 0 Å².